The molecule has 0 fully saturated rings. The maximum atomic E-state index is 13.5. The van der Waals surface area contributed by atoms with Crippen LogP contribution in [0.1, 0.15) is 36.2 Å². The third-order valence-electron chi connectivity index (χ3n) is 5.30. The van der Waals surface area contributed by atoms with E-state index >= 15 is 0 Å². The zero-order chi connectivity index (χ0) is 22.7. The summed E-state index contributed by atoms with van der Waals surface area (Å²) in [6.07, 6.45) is 2.09. The smallest absolute Gasteiger partial charge is 0.233 e. The molecule has 4 nitrogen and oxygen atoms in total. The van der Waals surface area contributed by atoms with E-state index in [-0.39, 0.29) is 5.91 Å². The molecule has 164 valence electrons. The number of hydrogen-bond acceptors (Lipinski definition) is 5. The molecule has 6 heteroatoms. The van der Waals surface area contributed by atoms with E-state index in [1.807, 2.05) is 42.1 Å². The van der Waals surface area contributed by atoms with Crippen LogP contribution in [0.5, 0.6) is 0 Å². The van der Waals surface area contributed by atoms with Crippen molar-refractivity contribution in [3.63, 3.8) is 0 Å². The van der Waals surface area contributed by atoms with E-state index in [2.05, 4.69) is 56.9 Å². The van der Waals surface area contributed by atoms with Crippen molar-refractivity contribution in [2.24, 2.45) is 0 Å². The number of anilines is 1. The molecule has 0 spiro atoms. The summed E-state index contributed by atoms with van der Waals surface area (Å²) in [5.74, 6) is 0.0216. The Morgan fingerprint density at radius 3 is 2.53 bits per heavy atom. The van der Waals surface area contributed by atoms with Gasteiger partial charge in [0.1, 0.15) is 0 Å². The molecule has 0 aliphatic carbocycles. The van der Waals surface area contributed by atoms with Gasteiger partial charge < -0.3 is 0 Å². The predicted octanol–water partition coefficient (Wildman–Crippen LogP) is 6.58. The van der Waals surface area contributed by atoms with Crippen LogP contribution in [-0.4, -0.2) is 21.1 Å². The first-order valence-electron chi connectivity index (χ1n) is 10.7. The van der Waals surface area contributed by atoms with Gasteiger partial charge in [0, 0.05) is 16.3 Å². The molecule has 4 rings (SSSR count). The molecule has 2 aromatic carbocycles. The van der Waals surface area contributed by atoms with Crippen molar-refractivity contribution in [3.05, 3.63) is 83.2 Å². The fourth-order valence-corrected chi connectivity index (χ4v) is 5.35. The average molecular weight is 462 g/mol. The van der Waals surface area contributed by atoms with Gasteiger partial charge in [-0.25, -0.2) is 4.98 Å². The summed E-state index contributed by atoms with van der Waals surface area (Å²) in [6.45, 7) is 8.94. The number of aromatic nitrogens is 2. The van der Waals surface area contributed by atoms with Gasteiger partial charge in [-0.05, 0) is 60.9 Å². The number of fused-ring (bicyclic) bond motifs is 1. The summed E-state index contributed by atoms with van der Waals surface area (Å²) in [4.78, 5) is 25.8. The molecule has 4 aromatic rings. The van der Waals surface area contributed by atoms with Crippen LogP contribution in [0.2, 0.25) is 0 Å². The van der Waals surface area contributed by atoms with Gasteiger partial charge in [-0.3, -0.25) is 14.7 Å². The second-order valence-corrected chi connectivity index (χ2v) is 10.8. The summed E-state index contributed by atoms with van der Waals surface area (Å²) >= 11 is 3.38. The number of benzene rings is 2. The Kier molecular flexibility index (Phi) is 6.92. The number of thiazole rings is 1. The summed E-state index contributed by atoms with van der Waals surface area (Å²) in [7, 11) is 0. The maximum Gasteiger partial charge on any atom is 0.233 e. The minimum Gasteiger partial charge on any atom is -0.282 e. The zero-order valence-electron chi connectivity index (χ0n) is 18.8. The third-order valence-corrected chi connectivity index (χ3v) is 7.36. The minimum absolute atomic E-state index is 0.0216. The van der Waals surface area contributed by atoms with Gasteiger partial charge in [-0.2, -0.15) is 0 Å². The Morgan fingerprint density at radius 1 is 1.06 bits per heavy atom. The molecule has 2 aromatic heterocycles. The monoisotopic (exact) mass is 461 g/mol. The third kappa shape index (κ3) is 5.19. The van der Waals surface area contributed by atoms with Crippen LogP contribution in [-0.2, 0) is 17.8 Å². The van der Waals surface area contributed by atoms with E-state index < -0.39 is 0 Å². The van der Waals surface area contributed by atoms with Crippen LogP contribution < -0.4 is 4.90 Å². The van der Waals surface area contributed by atoms with E-state index in [4.69, 9.17) is 4.98 Å². The molecule has 0 aliphatic heterocycles. The lowest BCUT2D eigenvalue weighted by Crippen LogP contribution is -2.32. The molecule has 0 saturated heterocycles. The second-order valence-electron chi connectivity index (χ2n) is 8.14. The highest BCUT2D eigenvalue weighted by Gasteiger charge is 2.22. The van der Waals surface area contributed by atoms with Crippen molar-refractivity contribution in [3.8, 4) is 0 Å². The van der Waals surface area contributed by atoms with E-state index in [9.17, 15) is 4.79 Å². The number of hydrogen-bond donors (Lipinski definition) is 0. The highest BCUT2D eigenvalue weighted by atomic mass is 32.2. The molecule has 32 heavy (non-hydrogen) atoms. The Balaban J connectivity index is 1.63. The maximum absolute atomic E-state index is 13.5. The summed E-state index contributed by atoms with van der Waals surface area (Å²) in [5.41, 5.74) is 5.18. The van der Waals surface area contributed by atoms with Crippen molar-refractivity contribution in [1.29, 1.82) is 0 Å². The van der Waals surface area contributed by atoms with Crippen LogP contribution in [0.15, 0.2) is 65.7 Å². The van der Waals surface area contributed by atoms with Gasteiger partial charge in [-0.15, -0.1) is 11.8 Å². The van der Waals surface area contributed by atoms with Crippen molar-refractivity contribution >= 4 is 44.4 Å². The van der Waals surface area contributed by atoms with E-state index in [1.54, 1.807) is 22.4 Å². The van der Waals surface area contributed by atoms with Gasteiger partial charge in [0.25, 0.3) is 0 Å². The van der Waals surface area contributed by atoms with E-state index in [0.29, 0.717) is 18.2 Å². The number of rotatable bonds is 7. The first-order chi connectivity index (χ1) is 15.4. The second kappa shape index (κ2) is 9.84. The molecule has 0 radical (unpaired) electrons. The quantitative estimate of drug-likeness (QED) is 0.292. The Hall–Kier alpha value is -2.70. The van der Waals surface area contributed by atoms with E-state index in [0.717, 1.165) is 32.2 Å². The van der Waals surface area contributed by atoms with Gasteiger partial charge in [0.2, 0.25) is 5.91 Å². The average Bonchev–Trinajstić information content (AvgIpc) is 3.21. The SMILES string of the molecule is Cc1ccc2sc(N(Cc3ccccn3)C(=O)Cc3ccc(SC(C)C)cc3)nc2c1C. The molecule has 0 aliphatic rings. The zero-order valence-corrected chi connectivity index (χ0v) is 20.5. The van der Waals surface area contributed by atoms with E-state index in [1.165, 1.54) is 10.5 Å². The summed E-state index contributed by atoms with van der Waals surface area (Å²) in [6, 6.07) is 18.3. The van der Waals surface area contributed by atoms with Crippen molar-refractivity contribution in [2.45, 2.75) is 50.8 Å². The standard InChI is InChI=1S/C26H27N3OS2/c1-17(2)31-22-11-9-20(10-12-22)15-24(30)29(16-21-7-5-6-14-27-21)26-28-25-19(4)18(3)8-13-23(25)32-26/h5-14,17H,15-16H2,1-4H3. The van der Waals surface area contributed by atoms with Gasteiger partial charge in [-0.1, -0.05) is 49.4 Å². The van der Waals surface area contributed by atoms with Crippen molar-refractivity contribution < 1.29 is 4.79 Å². The van der Waals surface area contributed by atoms with Crippen LogP contribution in [0.4, 0.5) is 5.13 Å². The molecule has 0 saturated carbocycles. The van der Waals surface area contributed by atoms with Crippen LogP contribution in [0, 0.1) is 13.8 Å². The highest BCUT2D eigenvalue weighted by Crippen LogP contribution is 2.33. The topological polar surface area (TPSA) is 46.1 Å². The molecule has 0 bridgehead atoms. The molecule has 1 amide bonds. The Morgan fingerprint density at radius 2 is 1.84 bits per heavy atom. The largest absolute Gasteiger partial charge is 0.282 e. The van der Waals surface area contributed by atoms with Crippen LogP contribution >= 0.6 is 23.1 Å². The number of nitrogens with zero attached hydrogens (tertiary/aromatic N) is 3. The normalized spacial score (nSPS) is 11.3. The Labute approximate surface area is 197 Å². The number of pyridine rings is 1. The lowest BCUT2D eigenvalue weighted by atomic mass is 10.1. The minimum atomic E-state index is 0.0216. The molecular weight excluding hydrogens is 434 g/mol. The van der Waals surface area contributed by atoms with Gasteiger partial charge in [0.05, 0.1) is 28.9 Å². The first kappa shape index (κ1) is 22.5. The lowest BCUT2D eigenvalue weighted by molar-refractivity contribution is -0.118. The van der Waals surface area contributed by atoms with Crippen LogP contribution in [0.3, 0.4) is 0 Å². The van der Waals surface area contributed by atoms with Gasteiger partial charge in [0.15, 0.2) is 5.13 Å². The van der Waals surface area contributed by atoms with Crippen LogP contribution in [0.25, 0.3) is 10.2 Å². The predicted molar refractivity (Wildman–Crippen MR) is 136 cm³/mol. The first-order valence-corrected chi connectivity index (χ1v) is 12.4. The van der Waals surface area contributed by atoms with Crippen molar-refractivity contribution in [1.82, 2.24) is 9.97 Å². The number of carbonyl (C=O) groups is 1. The number of amides is 1. The fraction of sp³-hybridized carbons (Fsp3) is 0.269. The molecular formula is C26H27N3OS2. The van der Waals surface area contributed by atoms with Gasteiger partial charge >= 0.3 is 0 Å². The summed E-state index contributed by atoms with van der Waals surface area (Å²) < 4.78 is 1.09. The lowest BCUT2D eigenvalue weighted by Gasteiger charge is -2.19. The number of carbonyl (C=O) groups excluding carboxylic acids is 1. The molecule has 0 N–H and O–H groups in total. The molecule has 0 unspecified atom stereocenters. The van der Waals surface area contributed by atoms with Crippen molar-refractivity contribution in [2.75, 3.05) is 4.90 Å². The molecule has 0 atom stereocenters. The molecule has 2 heterocycles. The number of thioether (sulfide) groups is 1. The summed E-state index contributed by atoms with van der Waals surface area (Å²) in [5, 5.41) is 1.25. The fourth-order valence-electron chi connectivity index (χ4n) is 3.47. The highest BCUT2D eigenvalue weighted by molar-refractivity contribution is 7.99. The Bertz CT molecular complexity index is 1220. The number of aryl methyl sites for hydroxylation is 2.